The van der Waals surface area contributed by atoms with Gasteiger partial charge >= 0.3 is 0 Å². The average molecular weight is 198 g/mol. The van der Waals surface area contributed by atoms with Crippen molar-refractivity contribution in [2.75, 3.05) is 0 Å². The summed E-state index contributed by atoms with van der Waals surface area (Å²) in [5.41, 5.74) is 3.99. The lowest BCUT2D eigenvalue weighted by molar-refractivity contribution is 0.758. The van der Waals surface area contributed by atoms with Gasteiger partial charge in [0.1, 0.15) is 0 Å². The van der Waals surface area contributed by atoms with Crippen molar-refractivity contribution < 1.29 is 0 Å². The van der Waals surface area contributed by atoms with E-state index < -0.39 is 0 Å². The standard InChI is InChI=1S/C10H18.2C2H6/c1-7(2)9(5)10(6)8(3)4;2*1-2/h8H,1H2,2-6H3;2*1-2H3/b10-9+;;. The van der Waals surface area contributed by atoms with Crippen LogP contribution in [-0.2, 0) is 0 Å². The van der Waals surface area contributed by atoms with Crippen LogP contribution in [0.15, 0.2) is 23.3 Å². The minimum atomic E-state index is 0.650. The van der Waals surface area contributed by atoms with Crippen molar-refractivity contribution in [3.05, 3.63) is 23.3 Å². The molecular weight excluding hydrogens is 168 g/mol. The first-order chi connectivity index (χ1) is 6.46. The largest absolute Gasteiger partial charge is 0.0959 e. The van der Waals surface area contributed by atoms with Crippen molar-refractivity contribution in [1.82, 2.24) is 0 Å². The Morgan fingerprint density at radius 2 is 1.14 bits per heavy atom. The quantitative estimate of drug-likeness (QED) is 0.506. The molecule has 0 radical (unpaired) electrons. The lowest BCUT2D eigenvalue weighted by Gasteiger charge is -2.10. The van der Waals surface area contributed by atoms with Gasteiger partial charge in [-0.15, -0.1) is 0 Å². The van der Waals surface area contributed by atoms with E-state index in [0.29, 0.717) is 5.92 Å². The molecule has 0 spiro atoms. The summed E-state index contributed by atoms with van der Waals surface area (Å²) < 4.78 is 0. The molecule has 14 heavy (non-hydrogen) atoms. The summed E-state index contributed by atoms with van der Waals surface area (Å²) in [6.07, 6.45) is 0. The molecule has 0 nitrogen and oxygen atoms in total. The van der Waals surface area contributed by atoms with Crippen molar-refractivity contribution in [1.29, 1.82) is 0 Å². The number of hydrogen-bond donors (Lipinski definition) is 0. The molecule has 0 aliphatic rings. The lowest BCUT2D eigenvalue weighted by atomic mass is 9.96. The Balaban J connectivity index is -0.000000266. The third-order valence-corrected chi connectivity index (χ3v) is 2.10. The van der Waals surface area contributed by atoms with E-state index >= 15 is 0 Å². The summed E-state index contributed by atoms with van der Waals surface area (Å²) >= 11 is 0. The Morgan fingerprint density at radius 1 is 0.857 bits per heavy atom. The van der Waals surface area contributed by atoms with Gasteiger partial charge in [0.15, 0.2) is 0 Å². The van der Waals surface area contributed by atoms with E-state index in [2.05, 4.69) is 41.2 Å². The van der Waals surface area contributed by atoms with Crippen molar-refractivity contribution in [2.45, 2.75) is 62.3 Å². The molecule has 0 N–H and O–H groups in total. The Bertz CT molecular complexity index is 159. The molecule has 0 amide bonds. The van der Waals surface area contributed by atoms with Crippen LogP contribution in [0.3, 0.4) is 0 Å². The van der Waals surface area contributed by atoms with Crippen LogP contribution < -0.4 is 0 Å². The first-order valence-corrected chi connectivity index (χ1v) is 5.80. The predicted molar refractivity (Wildman–Crippen MR) is 70.7 cm³/mol. The van der Waals surface area contributed by atoms with Crippen LogP contribution in [0.5, 0.6) is 0 Å². The fourth-order valence-electron chi connectivity index (χ4n) is 0.770. The van der Waals surface area contributed by atoms with Crippen molar-refractivity contribution in [2.24, 2.45) is 5.92 Å². The van der Waals surface area contributed by atoms with Gasteiger partial charge in [0.2, 0.25) is 0 Å². The minimum absolute atomic E-state index is 0.650. The van der Waals surface area contributed by atoms with Crippen LogP contribution in [0.1, 0.15) is 62.3 Å². The topological polar surface area (TPSA) is 0 Å². The van der Waals surface area contributed by atoms with Crippen LogP contribution in [0, 0.1) is 5.92 Å². The maximum Gasteiger partial charge on any atom is -0.0257 e. The Labute approximate surface area is 92.1 Å². The highest BCUT2D eigenvalue weighted by atomic mass is 14.1. The molecular formula is C14H30. The zero-order valence-electron chi connectivity index (χ0n) is 11.8. The molecule has 0 aromatic carbocycles. The summed E-state index contributed by atoms with van der Waals surface area (Å²) in [5.74, 6) is 0.650. The maximum atomic E-state index is 3.90. The van der Waals surface area contributed by atoms with Gasteiger partial charge in [0.05, 0.1) is 0 Å². The first kappa shape index (κ1) is 19.1. The van der Waals surface area contributed by atoms with Crippen molar-refractivity contribution in [3.63, 3.8) is 0 Å². The second-order valence-electron chi connectivity index (χ2n) is 3.24. The fraction of sp³-hybridized carbons (Fsp3) is 0.714. The van der Waals surface area contributed by atoms with E-state index in [9.17, 15) is 0 Å². The molecule has 0 saturated heterocycles. The second-order valence-corrected chi connectivity index (χ2v) is 3.24. The van der Waals surface area contributed by atoms with Gasteiger partial charge in [-0.2, -0.15) is 0 Å². The Hall–Kier alpha value is -0.520. The molecule has 0 aromatic rings. The van der Waals surface area contributed by atoms with Crippen LogP contribution in [0.25, 0.3) is 0 Å². The van der Waals surface area contributed by atoms with Crippen LogP contribution in [0.4, 0.5) is 0 Å². The minimum Gasteiger partial charge on any atom is -0.0959 e. The zero-order valence-corrected chi connectivity index (χ0v) is 11.8. The highest BCUT2D eigenvalue weighted by molar-refractivity contribution is 5.29. The molecule has 0 aromatic heterocycles. The molecule has 0 rings (SSSR count). The van der Waals surface area contributed by atoms with Crippen LogP contribution in [-0.4, -0.2) is 0 Å². The van der Waals surface area contributed by atoms with E-state index in [4.69, 9.17) is 0 Å². The van der Waals surface area contributed by atoms with E-state index in [0.717, 1.165) is 0 Å². The summed E-state index contributed by atoms with van der Waals surface area (Å²) in [7, 11) is 0. The highest BCUT2D eigenvalue weighted by Crippen LogP contribution is 2.18. The summed E-state index contributed by atoms with van der Waals surface area (Å²) in [5, 5.41) is 0. The first-order valence-electron chi connectivity index (χ1n) is 5.80. The van der Waals surface area contributed by atoms with E-state index in [1.165, 1.54) is 16.7 Å². The molecule has 0 saturated carbocycles. The highest BCUT2D eigenvalue weighted by Gasteiger charge is 2.00. The molecule has 0 aliphatic heterocycles. The number of rotatable bonds is 2. The third kappa shape index (κ3) is 9.57. The van der Waals surface area contributed by atoms with Gasteiger partial charge in [-0.3, -0.25) is 0 Å². The predicted octanol–water partition coefficient (Wildman–Crippen LogP) is 5.61. The monoisotopic (exact) mass is 198 g/mol. The fourth-order valence-corrected chi connectivity index (χ4v) is 0.770. The SMILES string of the molecule is C=C(C)/C(C)=C(\C)C(C)C.CC.CC. The summed E-state index contributed by atoms with van der Waals surface area (Å²) in [4.78, 5) is 0. The van der Waals surface area contributed by atoms with Gasteiger partial charge in [-0.25, -0.2) is 0 Å². The van der Waals surface area contributed by atoms with E-state index in [1.807, 2.05) is 27.7 Å². The van der Waals surface area contributed by atoms with Crippen molar-refractivity contribution in [3.8, 4) is 0 Å². The van der Waals surface area contributed by atoms with Crippen LogP contribution >= 0.6 is 0 Å². The van der Waals surface area contributed by atoms with E-state index in [-0.39, 0.29) is 0 Å². The van der Waals surface area contributed by atoms with Gasteiger partial charge in [-0.1, -0.05) is 59.3 Å². The molecule has 0 aliphatic carbocycles. The number of allylic oxidation sites excluding steroid dienone is 3. The smallest absolute Gasteiger partial charge is 0.0257 e. The van der Waals surface area contributed by atoms with Crippen LogP contribution in [0.2, 0.25) is 0 Å². The second kappa shape index (κ2) is 12.5. The van der Waals surface area contributed by atoms with Crippen molar-refractivity contribution >= 4 is 0 Å². The molecule has 0 unspecified atom stereocenters. The van der Waals surface area contributed by atoms with Gasteiger partial charge in [0, 0.05) is 0 Å². The third-order valence-electron chi connectivity index (χ3n) is 2.10. The molecule has 0 atom stereocenters. The molecule has 0 heteroatoms. The summed E-state index contributed by atoms with van der Waals surface area (Å²) in [6.45, 7) is 22.7. The zero-order chi connectivity index (χ0) is 12.3. The summed E-state index contributed by atoms with van der Waals surface area (Å²) in [6, 6.07) is 0. The number of hydrogen-bond acceptors (Lipinski definition) is 0. The molecule has 0 bridgehead atoms. The molecule has 0 fully saturated rings. The lowest BCUT2D eigenvalue weighted by Crippen LogP contribution is -1.93. The molecule has 0 heterocycles. The van der Waals surface area contributed by atoms with E-state index in [1.54, 1.807) is 0 Å². The van der Waals surface area contributed by atoms with Gasteiger partial charge in [0.25, 0.3) is 0 Å². The normalized spacial score (nSPS) is 10.4. The van der Waals surface area contributed by atoms with Gasteiger partial charge < -0.3 is 0 Å². The Morgan fingerprint density at radius 3 is 1.21 bits per heavy atom. The Kier molecular flexibility index (Phi) is 17.0. The van der Waals surface area contributed by atoms with Gasteiger partial charge in [-0.05, 0) is 32.3 Å². The maximum absolute atomic E-state index is 3.90. The molecule has 86 valence electrons. The average Bonchev–Trinajstić information content (AvgIpc) is 2.21.